The number of hydrogen-bond acceptors (Lipinski definition) is 2. The number of unbranched alkanes of at least 4 members (excludes halogenated alkanes) is 7. The summed E-state index contributed by atoms with van der Waals surface area (Å²) in [5, 5.41) is 0. The molecule has 1 rings (SSSR count). The van der Waals surface area contributed by atoms with Gasteiger partial charge in [-0.15, -0.1) is 0 Å². The normalized spacial score (nSPS) is 20.1. The van der Waals surface area contributed by atoms with Gasteiger partial charge in [-0.1, -0.05) is 69.8 Å². The molecule has 0 unspecified atom stereocenters. The lowest BCUT2D eigenvalue weighted by Gasteiger charge is -2.16. The van der Waals surface area contributed by atoms with Gasteiger partial charge < -0.3 is 4.74 Å². The van der Waals surface area contributed by atoms with Gasteiger partial charge in [-0.3, -0.25) is 4.79 Å². The molecule has 0 spiro atoms. The molecule has 2 nitrogen and oxygen atoms in total. The van der Waals surface area contributed by atoms with E-state index in [0.29, 0.717) is 18.9 Å². The molecule has 0 aromatic heterocycles. The van der Waals surface area contributed by atoms with Crippen molar-refractivity contribution in [3.8, 4) is 0 Å². The SMILES string of the molecule is CCCCCC/C=C\[C@H]1C=CC[C@@H]1CCCCCCC(=O)OCC. The zero-order valence-electron chi connectivity index (χ0n) is 16.0. The van der Waals surface area contributed by atoms with E-state index in [4.69, 9.17) is 4.74 Å². The number of esters is 1. The lowest BCUT2D eigenvalue weighted by Crippen LogP contribution is -2.06. The van der Waals surface area contributed by atoms with Crippen LogP contribution in [0.4, 0.5) is 0 Å². The third kappa shape index (κ3) is 9.95. The standard InChI is InChI=1S/C22H38O2/c1-3-5-6-7-8-11-15-20-17-14-18-21(20)16-12-9-10-13-19-22(23)24-4-2/h11,14-15,17,20-21H,3-10,12-13,16,18-19H2,1-2H3/b15-11-/t20-,21-/m0/s1. The van der Waals surface area contributed by atoms with Gasteiger partial charge in [-0.2, -0.15) is 0 Å². The van der Waals surface area contributed by atoms with Crippen molar-refractivity contribution in [3.05, 3.63) is 24.3 Å². The number of carbonyl (C=O) groups is 1. The highest BCUT2D eigenvalue weighted by Gasteiger charge is 2.19. The number of hydrogen-bond donors (Lipinski definition) is 0. The van der Waals surface area contributed by atoms with Crippen molar-refractivity contribution in [2.45, 2.75) is 90.9 Å². The van der Waals surface area contributed by atoms with Crippen molar-refractivity contribution in [1.29, 1.82) is 0 Å². The van der Waals surface area contributed by atoms with E-state index in [2.05, 4.69) is 31.2 Å². The van der Waals surface area contributed by atoms with Crippen LogP contribution in [0.25, 0.3) is 0 Å². The van der Waals surface area contributed by atoms with Crippen molar-refractivity contribution >= 4 is 5.97 Å². The Hall–Kier alpha value is -1.05. The van der Waals surface area contributed by atoms with Crippen LogP contribution >= 0.6 is 0 Å². The molecule has 138 valence electrons. The van der Waals surface area contributed by atoms with E-state index in [0.717, 1.165) is 18.8 Å². The molecule has 2 heteroatoms. The highest BCUT2D eigenvalue weighted by atomic mass is 16.5. The largest absolute Gasteiger partial charge is 0.466 e. The van der Waals surface area contributed by atoms with Crippen molar-refractivity contribution in [3.63, 3.8) is 0 Å². The quantitative estimate of drug-likeness (QED) is 0.203. The fourth-order valence-corrected chi connectivity index (χ4v) is 3.46. The summed E-state index contributed by atoms with van der Waals surface area (Å²) < 4.78 is 4.96. The Labute approximate surface area is 149 Å². The molecule has 0 radical (unpaired) electrons. The minimum Gasteiger partial charge on any atom is -0.466 e. The van der Waals surface area contributed by atoms with Gasteiger partial charge in [0.25, 0.3) is 0 Å². The zero-order chi connectivity index (χ0) is 17.5. The first-order valence-corrected chi connectivity index (χ1v) is 10.3. The highest BCUT2D eigenvalue weighted by molar-refractivity contribution is 5.69. The van der Waals surface area contributed by atoms with Crippen LogP contribution in [-0.4, -0.2) is 12.6 Å². The van der Waals surface area contributed by atoms with E-state index >= 15 is 0 Å². The van der Waals surface area contributed by atoms with E-state index < -0.39 is 0 Å². The molecule has 0 saturated carbocycles. The second kappa shape index (κ2) is 14.3. The van der Waals surface area contributed by atoms with Crippen LogP contribution in [0.5, 0.6) is 0 Å². The molecule has 0 heterocycles. The lowest BCUT2D eigenvalue weighted by molar-refractivity contribution is -0.143. The molecule has 1 aliphatic carbocycles. The van der Waals surface area contributed by atoms with E-state index in [1.165, 1.54) is 57.8 Å². The maximum atomic E-state index is 11.3. The zero-order valence-corrected chi connectivity index (χ0v) is 16.0. The van der Waals surface area contributed by atoms with E-state index in [-0.39, 0.29) is 5.97 Å². The van der Waals surface area contributed by atoms with Gasteiger partial charge in [0.05, 0.1) is 6.61 Å². The molecular weight excluding hydrogens is 296 g/mol. The molecule has 2 atom stereocenters. The Morgan fingerprint density at radius 3 is 2.67 bits per heavy atom. The van der Waals surface area contributed by atoms with E-state index in [9.17, 15) is 4.79 Å². The van der Waals surface area contributed by atoms with Crippen LogP contribution < -0.4 is 0 Å². The second-order valence-electron chi connectivity index (χ2n) is 7.04. The predicted molar refractivity (Wildman–Crippen MR) is 103 cm³/mol. The monoisotopic (exact) mass is 334 g/mol. The number of rotatable bonds is 14. The van der Waals surface area contributed by atoms with Crippen molar-refractivity contribution in [2.75, 3.05) is 6.61 Å². The van der Waals surface area contributed by atoms with Crippen LogP contribution in [0.2, 0.25) is 0 Å². The molecule has 0 fully saturated rings. The smallest absolute Gasteiger partial charge is 0.305 e. The summed E-state index contributed by atoms with van der Waals surface area (Å²) in [5.41, 5.74) is 0. The summed E-state index contributed by atoms with van der Waals surface area (Å²) in [6, 6.07) is 0. The third-order valence-electron chi connectivity index (χ3n) is 4.94. The summed E-state index contributed by atoms with van der Waals surface area (Å²) >= 11 is 0. The fraction of sp³-hybridized carbons (Fsp3) is 0.773. The molecule has 0 aromatic rings. The van der Waals surface area contributed by atoms with Gasteiger partial charge in [-0.05, 0) is 50.9 Å². The summed E-state index contributed by atoms with van der Waals surface area (Å²) in [6.45, 7) is 4.63. The van der Waals surface area contributed by atoms with Gasteiger partial charge in [0, 0.05) is 6.42 Å². The summed E-state index contributed by atoms with van der Waals surface area (Å²) in [7, 11) is 0. The van der Waals surface area contributed by atoms with E-state index in [1.807, 2.05) is 6.92 Å². The van der Waals surface area contributed by atoms with Gasteiger partial charge in [-0.25, -0.2) is 0 Å². The highest BCUT2D eigenvalue weighted by Crippen LogP contribution is 2.31. The van der Waals surface area contributed by atoms with Crippen LogP contribution in [0, 0.1) is 11.8 Å². The summed E-state index contributed by atoms with van der Waals surface area (Å²) in [6.07, 6.45) is 24.0. The molecule has 0 amide bonds. The molecule has 0 saturated heterocycles. The Morgan fingerprint density at radius 2 is 1.88 bits per heavy atom. The topological polar surface area (TPSA) is 26.3 Å². The minimum atomic E-state index is -0.0402. The molecule has 0 aromatic carbocycles. The Balaban J connectivity index is 2.05. The van der Waals surface area contributed by atoms with Crippen molar-refractivity contribution in [1.82, 2.24) is 0 Å². The van der Waals surface area contributed by atoms with Crippen LogP contribution in [0.15, 0.2) is 24.3 Å². The first-order valence-electron chi connectivity index (χ1n) is 10.3. The Morgan fingerprint density at radius 1 is 1.08 bits per heavy atom. The van der Waals surface area contributed by atoms with Gasteiger partial charge in [0.15, 0.2) is 0 Å². The number of carbonyl (C=O) groups excluding carboxylic acids is 1. The van der Waals surface area contributed by atoms with Gasteiger partial charge in [0.1, 0.15) is 0 Å². The summed E-state index contributed by atoms with van der Waals surface area (Å²) in [4.78, 5) is 11.3. The average Bonchev–Trinajstić information content (AvgIpc) is 3.01. The van der Waals surface area contributed by atoms with Crippen molar-refractivity contribution < 1.29 is 9.53 Å². The van der Waals surface area contributed by atoms with Crippen LogP contribution in [-0.2, 0) is 9.53 Å². The summed E-state index contributed by atoms with van der Waals surface area (Å²) in [5.74, 6) is 1.43. The molecule has 0 N–H and O–H groups in total. The number of allylic oxidation sites excluding steroid dienone is 4. The van der Waals surface area contributed by atoms with Gasteiger partial charge >= 0.3 is 5.97 Å². The Bertz CT molecular complexity index is 370. The van der Waals surface area contributed by atoms with Gasteiger partial charge in [0.2, 0.25) is 0 Å². The molecule has 24 heavy (non-hydrogen) atoms. The third-order valence-corrected chi connectivity index (χ3v) is 4.94. The van der Waals surface area contributed by atoms with Crippen LogP contribution in [0.3, 0.4) is 0 Å². The molecule has 0 bridgehead atoms. The predicted octanol–water partition coefficient (Wildman–Crippen LogP) is 6.61. The average molecular weight is 335 g/mol. The fourth-order valence-electron chi connectivity index (χ4n) is 3.46. The second-order valence-corrected chi connectivity index (χ2v) is 7.04. The molecular formula is C22H38O2. The minimum absolute atomic E-state index is 0.0402. The first kappa shape index (κ1) is 21.0. The maximum absolute atomic E-state index is 11.3. The lowest BCUT2D eigenvalue weighted by atomic mass is 9.89. The van der Waals surface area contributed by atoms with E-state index in [1.54, 1.807) is 0 Å². The molecule has 0 aliphatic heterocycles. The maximum Gasteiger partial charge on any atom is 0.305 e. The number of ether oxygens (including phenoxy) is 1. The van der Waals surface area contributed by atoms with Crippen molar-refractivity contribution in [2.24, 2.45) is 11.8 Å². The molecule has 1 aliphatic rings. The first-order chi connectivity index (χ1) is 11.8. The Kier molecular flexibility index (Phi) is 12.5. The van der Waals surface area contributed by atoms with Crippen LogP contribution in [0.1, 0.15) is 90.9 Å².